The summed E-state index contributed by atoms with van der Waals surface area (Å²) in [5, 5.41) is 1.05. The summed E-state index contributed by atoms with van der Waals surface area (Å²) in [7, 11) is 2.69. The molecule has 1 aromatic carbocycles. The van der Waals surface area contributed by atoms with Gasteiger partial charge < -0.3 is 5.43 Å². The second-order valence-corrected chi connectivity index (χ2v) is 2.95. The number of benzene rings is 1. The van der Waals surface area contributed by atoms with Crippen LogP contribution in [0.25, 0.3) is 0 Å². The number of nitrogens with zero attached hydrogens (tertiary/aromatic N) is 1. The Morgan fingerprint density at radius 2 is 1.07 bits per heavy atom. The SMILES string of the molecule is CN(C)Nc1c(F)c(F)c(F)c(F)c1F. The van der Waals surface area contributed by atoms with Crippen molar-refractivity contribution < 1.29 is 22.0 Å². The predicted molar refractivity (Wildman–Crippen MR) is 43.5 cm³/mol. The van der Waals surface area contributed by atoms with Crippen LogP contribution in [0.2, 0.25) is 0 Å². The second-order valence-electron chi connectivity index (χ2n) is 2.95. The van der Waals surface area contributed by atoms with Crippen molar-refractivity contribution in [3.8, 4) is 0 Å². The highest BCUT2D eigenvalue weighted by atomic mass is 19.2. The Morgan fingerprint density at radius 3 is 1.40 bits per heavy atom. The lowest BCUT2D eigenvalue weighted by Gasteiger charge is -2.15. The summed E-state index contributed by atoms with van der Waals surface area (Å²) in [6, 6.07) is 0. The molecule has 84 valence electrons. The van der Waals surface area contributed by atoms with Gasteiger partial charge in [-0.3, -0.25) is 0 Å². The third kappa shape index (κ3) is 2.01. The van der Waals surface area contributed by atoms with Crippen LogP contribution in [-0.4, -0.2) is 19.1 Å². The number of hydrogen-bond donors (Lipinski definition) is 1. The van der Waals surface area contributed by atoms with E-state index >= 15 is 0 Å². The molecule has 0 spiro atoms. The molecule has 15 heavy (non-hydrogen) atoms. The van der Waals surface area contributed by atoms with E-state index in [1.165, 1.54) is 14.1 Å². The average Bonchev–Trinajstić information content (AvgIpc) is 2.18. The van der Waals surface area contributed by atoms with E-state index in [-0.39, 0.29) is 0 Å². The van der Waals surface area contributed by atoms with E-state index in [1.807, 2.05) is 5.43 Å². The van der Waals surface area contributed by atoms with Gasteiger partial charge in [0.25, 0.3) is 0 Å². The molecular weight excluding hydrogens is 219 g/mol. The molecule has 2 nitrogen and oxygen atoms in total. The Morgan fingerprint density at radius 1 is 0.733 bits per heavy atom. The first-order valence-electron chi connectivity index (χ1n) is 3.81. The van der Waals surface area contributed by atoms with E-state index in [9.17, 15) is 22.0 Å². The zero-order valence-corrected chi connectivity index (χ0v) is 7.84. The molecule has 1 aromatic rings. The fraction of sp³-hybridized carbons (Fsp3) is 0.250. The van der Waals surface area contributed by atoms with Gasteiger partial charge in [-0.2, -0.15) is 0 Å². The molecular formula is C8H7F5N2. The van der Waals surface area contributed by atoms with Crippen molar-refractivity contribution in [3.63, 3.8) is 0 Å². The van der Waals surface area contributed by atoms with E-state index in [0.717, 1.165) is 5.01 Å². The zero-order valence-electron chi connectivity index (χ0n) is 7.84. The van der Waals surface area contributed by atoms with Gasteiger partial charge in [0.2, 0.25) is 5.82 Å². The molecule has 0 aliphatic carbocycles. The summed E-state index contributed by atoms with van der Waals surface area (Å²) < 4.78 is 63.7. The van der Waals surface area contributed by atoms with Crippen molar-refractivity contribution in [2.24, 2.45) is 0 Å². The van der Waals surface area contributed by atoms with Crippen LogP contribution in [0, 0.1) is 29.1 Å². The molecule has 0 aliphatic heterocycles. The molecule has 0 aliphatic rings. The summed E-state index contributed by atoms with van der Waals surface area (Å²) in [5.74, 6) is -9.90. The number of hydrazine groups is 1. The standard InChI is InChI=1S/C8H7F5N2/c1-15(2)14-8-6(12)4(10)3(9)5(11)7(8)13/h14H,1-2H3. The molecule has 0 bridgehead atoms. The molecule has 0 fully saturated rings. The van der Waals surface area contributed by atoms with Crippen molar-refractivity contribution in [1.29, 1.82) is 0 Å². The fourth-order valence-corrected chi connectivity index (χ4v) is 0.927. The average molecular weight is 226 g/mol. The lowest BCUT2D eigenvalue weighted by Crippen LogP contribution is -2.22. The van der Waals surface area contributed by atoms with Crippen LogP contribution >= 0.6 is 0 Å². The Bertz CT molecular complexity index is 362. The zero-order chi connectivity index (χ0) is 11.7. The Kier molecular flexibility index (Phi) is 3.13. The molecule has 0 saturated heterocycles. The highest BCUT2D eigenvalue weighted by molar-refractivity contribution is 5.46. The third-order valence-corrected chi connectivity index (χ3v) is 1.55. The summed E-state index contributed by atoms with van der Waals surface area (Å²) >= 11 is 0. The highest BCUT2D eigenvalue weighted by Crippen LogP contribution is 2.26. The number of halogens is 5. The molecule has 0 amide bonds. The van der Waals surface area contributed by atoms with Gasteiger partial charge in [0.15, 0.2) is 23.3 Å². The second kappa shape index (κ2) is 4.01. The van der Waals surface area contributed by atoms with Crippen LogP contribution in [0.4, 0.5) is 27.6 Å². The quantitative estimate of drug-likeness (QED) is 0.360. The number of hydrogen-bond acceptors (Lipinski definition) is 2. The van der Waals surface area contributed by atoms with Crippen molar-refractivity contribution in [1.82, 2.24) is 5.01 Å². The lowest BCUT2D eigenvalue weighted by atomic mass is 10.2. The highest BCUT2D eigenvalue weighted by Gasteiger charge is 2.25. The Labute approximate surface area is 82.3 Å². The smallest absolute Gasteiger partial charge is 0.200 e. The van der Waals surface area contributed by atoms with Crippen LogP contribution < -0.4 is 5.43 Å². The minimum absolute atomic E-state index is 1.05. The van der Waals surface area contributed by atoms with Crippen LogP contribution in [-0.2, 0) is 0 Å². The van der Waals surface area contributed by atoms with E-state index in [4.69, 9.17) is 0 Å². The van der Waals surface area contributed by atoms with Gasteiger partial charge in [0, 0.05) is 14.1 Å². The molecule has 7 heteroatoms. The van der Waals surface area contributed by atoms with E-state index in [0.29, 0.717) is 0 Å². The minimum atomic E-state index is -2.17. The van der Waals surface area contributed by atoms with Gasteiger partial charge in [0.05, 0.1) is 0 Å². The molecule has 0 heterocycles. The lowest BCUT2D eigenvalue weighted by molar-refractivity contribution is 0.374. The molecule has 0 unspecified atom stereocenters. The monoisotopic (exact) mass is 226 g/mol. The van der Waals surface area contributed by atoms with Crippen molar-refractivity contribution in [2.45, 2.75) is 0 Å². The van der Waals surface area contributed by atoms with Crippen LogP contribution in [0.5, 0.6) is 0 Å². The molecule has 1 rings (SSSR count). The number of nitrogens with one attached hydrogen (secondary N) is 1. The minimum Gasteiger partial charge on any atom is -0.314 e. The Hall–Kier alpha value is -1.37. The molecule has 0 aromatic heterocycles. The number of rotatable bonds is 2. The van der Waals surface area contributed by atoms with Crippen LogP contribution in [0.15, 0.2) is 0 Å². The van der Waals surface area contributed by atoms with Crippen LogP contribution in [0.3, 0.4) is 0 Å². The van der Waals surface area contributed by atoms with Crippen LogP contribution in [0.1, 0.15) is 0 Å². The summed E-state index contributed by atoms with van der Waals surface area (Å²) in [6.07, 6.45) is 0. The summed E-state index contributed by atoms with van der Waals surface area (Å²) in [5.41, 5.74) is 0.914. The number of anilines is 1. The van der Waals surface area contributed by atoms with Gasteiger partial charge in [-0.15, -0.1) is 0 Å². The maximum Gasteiger partial charge on any atom is 0.200 e. The molecule has 0 atom stereocenters. The van der Waals surface area contributed by atoms with Crippen molar-refractivity contribution >= 4 is 5.69 Å². The van der Waals surface area contributed by atoms with E-state index in [2.05, 4.69) is 0 Å². The van der Waals surface area contributed by atoms with Gasteiger partial charge >= 0.3 is 0 Å². The van der Waals surface area contributed by atoms with Gasteiger partial charge in [-0.25, -0.2) is 27.0 Å². The fourth-order valence-electron chi connectivity index (χ4n) is 0.927. The Balaban J connectivity index is 3.39. The topological polar surface area (TPSA) is 15.3 Å². The largest absolute Gasteiger partial charge is 0.314 e. The maximum absolute atomic E-state index is 13.0. The maximum atomic E-state index is 13.0. The van der Waals surface area contributed by atoms with Crippen molar-refractivity contribution in [2.75, 3.05) is 19.5 Å². The predicted octanol–water partition coefficient (Wildman–Crippen LogP) is 2.27. The molecule has 0 radical (unpaired) electrons. The van der Waals surface area contributed by atoms with Gasteiger partial charge in [-0.1, -0.05) is 0 Å². The molecule has 0 saturated carbocycles. The summed E-state index contributed by atoms with van der Waals surface area (Å²) in [4.78, 5) is 0. The first-order valence-corrected chi connectivity index (χ1v) is 3.81. The van der Waals surface area contributed by atoms with Gasteiger partial charge in [0.1, 0.15) is 5.69 Å². The van der Waals surface area contributed by atoms with Crippen molar-refractivity contribution in [3.05, 3.63) is 29.1 Å². The third-order valence-electron chi connectivity index (χ3n) is 1.55. The summed E-state index contributed by atoms with van der Waals surface area (Å²) in [6.45, 7) is 0. The van der Waals surface area contributed by atoms with E-state index in [1.54, 1.807) is 0 Å². The first-order chi connectivity index (χ1) is 6.86. The normalized spacial score (nSPS) is 10.9. The molecule has 1 N–H and O–H groups in total. The first kappa shape index (κ1) is 11.7. The van der Waals surface area contributed by atoms with Gasteiger partial charge in [-0.05, 0) is 0 Å². The van der Waals surface area contributed by atoms with E-state index < -0.39 is 34.8 Å².